The molecule has 0 bridgehead atoms. The van der Waals surface area contributed by atoms with E-state index in [1.54, 1.807) is 24.3 Å². The molecule has 0 aromatic heterocycles. The van der Waals surface area contributed by atoms with Gasteiger partial charge in [-0.25, -0.2) is 9.79 Å². The van der Waals surface area contributed by atoms with E-state index in [9.17, 15) is 24.5 Å². The van der Waals surface area contributed by atoms with E-state index in [1.807, 2.05) is 61.5 Å². The van der Waals surface area contributed by atoms with Crippen LogP contribution in [0.5, 0.6) is 0 Å². The Hall–Kier alpha value is -5.64. The number of carbonyl (C=O) groups is 3. The van der Waals surface area contributed by atoms with Crippen molar-refractivity contribution in [2.24, 2.45) is 4.99 Å². The number of nitrogens with zero attached hydrogens (tertiary/aromatic N) is 3. The first-order valence-corrected chi connectivity index (χ1v) is 13.2. The summed E-state index contributed by atoms with van der Waals surface area (Å²) < 4.78 is 0. The zero-order chi connectivity index (χ0) is 29.8. The largest absolute Gasteiger partial charge is 0.321 e. The highest BCUT2D eigenvalue weighted by Crippen LogP contribution is 2.29. The number of aliphatic imine (C=N–C) groups is 1. The quantitative estimate of drug-likeness (QED) is 0.176. The molecule has 1 heterocycles. The molecule has 5 rings (SSSR count). The summed E-state index contributed by atoms with van der Waals surface area (Å²) in [6.07, 6.45) is -1.41. The van der Waals surface area contributed by atoms with Gasteiger partial charge in [0.05, 0.1) is 34.1 Å². The van der Waals surface area contributed by atoms with Crippen LogP contribution in [0.4, 0.5) is 21.9 Å². The number of anilines is 2. The topological polar surface area (TPSA) is 134 Å². The molecule has 10 nitrogen and oxygen atoms in total. The monoisotopic (exact) mass is 561 g/mol. The summed E-state index contributed by atoms with van der Waals surface area (Å²) in [5.74, 6) is -0.879. The fourth-order valence-electron chi connectivity index (χ4n) is 4.87. The van der Waals surface area contributed by atoms with E-state index in [2.05, 4.69) is 10.6 Å². The van der Waals surface area contributed by atoms with E-state index in [0.717, 1.165) is 5.56 Å². The van der Waals surface area contributed by atoms with Gasteiger partial charge in [0.1, 0.15) is 0 Å². The number of nitro benzene ring substituents is 1. The molecule has 3 amide bonds. The number of amides is 3. The summed E-state index contributed by atoms with van der Waals surface area (Å²) in [6, 6.07) is 27.0. The predicted octanol–water partition coefficient (Wildman–Crippen LogP) is 5.43. The third kappa shape index (κ3) is 5.64. The highest BCUT2D eigenvalue weighted by molar-refractivity contribution is 6.21. The van der Waals surface area contributed by atoms with Crippen molar-refractivity contribution < 1.29 is 19.3 Å². The number of para-hydroxylation sites is 1. The number of benzene rings is 4. The number of nitro groups is 1. The maximum absolute atomic E-state index is 14.1. The Morgan fingerprint density at radius 1 is 0.905 bits per heavy atom. The first-order chi connectivity index (χ1) is 20.2. The number of Topliss-reactive ketones (excluding diaryl/α,β-unsaturated/α-hetero) is 1. The van der Waals surface area contributed by atoms with Gasteiger partial charge in [0, 0.05) is 22.8 Å². The molecule has 0 fully saturated rings. The second-order valence-corrected chi connectivity index (χ2v) is 9.73. The van der Waals surface area contributed by atoms with Crippen molar-refractivity contribution in [1.82, 2.24) is 5.32 Å². The van der Waals surface area contributed by atoms with E-state index < -0.39 is 23.0 Å². The maximum Gasteiger partial charge on any atom is 0.321 e. The van der Waals surface area contributed by atoms with E-state index in [1.165, 1.54) is 30.0 Å². The number of hydrogen-bond acceptors (Lipinski definition) is 6. The molecule has 1 unspecified atom stereocenters. The van der Waals surface area contributed by atoms with Crippen molar-refractivity contribution >= 4 is 40.5 Å². The third-order valence-corrected chi connectivity index (χ3v) is 7.02. The summed E-state index contributed by atoms with van der Waals surface area (Å²) in [5, 5.41) is 16.6. The average Bonchev–Trinajstić information content (AvgIpc) is 3.09. The van der Waals surface area contributed by atoms with Crippen molar-refractivity contribution in [2.45, 2.75) is 20.0 Å². The molecular weight excluding hydrogens is 534 g/mol. The summed E-state index contributed by atoms with van der Waals surface area (Å²) in [7, 11) is 0. The van der Waals surface area contributed by atoms with Crippen LogP contribution >= 0.6 is 0 Å². The van der Waals surface area contributed by atoms with Gasteiger partial charge in [-0.2, -0.15) is 0 Å². The molecule has 4 aromatic rings. The van der Waals surface area contributed by atoms with Gasteiger partial charge in [-0.1, -0.05) is 78.9 Å². The molecule has 0 saturated heterocycles. The Morgan fingerprint density at radius 2 is 1.60 bits per heavy atom. The molecule has 1 atom stereocenters. The maximum atomic E-state index is 14.1. The lowest BCUT2D eigenvalue weighted by Crippen LogP contribution is -2.50. The lowest BCUT2D eigenvalue weighted by Gasteiger charge is -2.25. The first kappa shape index (κ1) is 27.9. The van der Waals surface area contributed by atoms with Crippen LogP contribution in [0.1, 0.15) is 32.6 Å². The molecule has 1 aliphatic heterocycles. The standard InChI is InChI=1S/C32H27N5O5/c1-20-11-6-7-14-23(20)28(38)19-36-27-17-9-8-15-24(27)29(22-12-4-3-5-13-22)34-30(31(36)39)35-32(40)33-25-16-10-18-26(21(25)2)37(41)42/h3-18,30H,19H2,1-2H3,(H2,33,35,40). The molecule has 42 heavy (non-hydrogen) atoms. The van der Waals surface area contributed by atoms with E-state index in [-0.39, 0.29) is 29.3 Å². The van der Waals surface area contributed by atoms with Crippen LogP contribution in [0.15, 0.2) is 102 Å². The van der Waals surface area contributed by atoms with Gasteiger partial charge in [0.15, 0.2) is 5.78 Å². The predicted molar refractivity (Wildman–Crippen MR) is 160 cm³/mol. The highest BCUT2D eigenvalue weighted by Gasteiger charge is 2.34. The molecule has 0 radical (unpaired) electrons. The van der Waals surface area contributed by atoms with E-state index in [0.29, 0.717) is 28.1 Å². The average molecular weight is 562 g/mol. The summed E-state index contributed by atoms with van der Waals surface area (Å²) >= 11 is 0. The Labute approximate surface area is 241 Å². The summed E-state index contributed by atoms with van der Waals surface area (Å²) in [6.45, 7) is 3.07. The number of rotatable bonds is 7. The molecule has 2 N–H and O–H groups in total. The van der Waals surface area contributed by atoms with Gasteiger partial charge in [0.2, 0.25) is 6.17 Å². The molecule has 0 aliphatic carbocycles. The Bertz CT molecular complexity index is 1730. The Kier molecular flexibility index (Phi) is 7.87. The number of fused-ring (bicyclic) bond motifs is 1. The lowest BCUT2D eigenvalue weighted by molar-refractivity contribution is -0.385. The van der Waals surface area contributed by atoms with Crippen LogP contribution in [-0.4, -0.2) is 41.1 Å². The minimum absolute atomic E-state index is 0.154. The fraction of sp³-hybridized carbons (Fsp3) is 0.125. The number of carbonyl (C=O) groups excluding carboxylic acids is 3. The Morgan fingerprint density at radius 3 is 2.33 bits per heavy atom. The van der Waals surface area contributed by atoms with Crippen LogP contribution in [0, 0.1) is 24.0 Å². The zero-order valence-corrected chi connectivity index (χ0v) is 22.9. The van der Waals surface area contributed by atoms with Gasteiger partial charge < -0.3 is 15.5 Å². The SMILES string of the molecule is Cc1ccccc1C(=O)CN1C(=O)C(NC(=O)Nc2cccc([N+](=O)[O-])c2C)N=C(c2ccccc2)c2ccccc21. The molecule has 4 aromatic carbocycles. The lowest BCUT2D eigenvalue weighted by atomic mass is 9.99. The van der Waals surface area contributed by atoms with E-state index >= 15 is 0 Å². The van der Waals surface area contributed by atoms with Crippen LogP contribution in [0.2, 0.25) is 0 Å². The van der Waals surface area contributed by atoms with E-state index in [4.69, 9.17) is 4.99 Å². The Balaban J connectivity index is 1.54. The number of benzodiazepines with no additional fused rings is 1. The van der Waals surface area contributed by atoms with Gasteiger partial charge in [-0.3, -0.25) is 19.7 Å². The number of nitrogens with one attached hydrogen (secondary N) is 2. The van der Waals surface area contributed by atoms with Crippen molar-refractivity contribution in [3.8, 4) is 0 Å². The van der Waals surface area contributed by atoms with Crippen molar-refractivity contribution in [3.05, 3.63) is 135 Å². The van der Waals surface area contributed by atoms with Crippen LogP contribution in [0.3, 0.4) is 0 Å². The minimum atomic E-state index is -1.41. The number of aryl methyl sites for hydroxylation is 1. The van der Waals surface area contributed by atoms with Crippen LogP contribution in [0.25, 0.3) is 0 Å². The van der Waals surface area contributed by atoms with Gasteiger partial charge >= 0.3 is 6.03 Å². The minimum Gasteiger partial charge on any atom is -0.308 e. The molecule has 210 valence electrons. The van der Waals surface area contributed by atoms with Crippen molar-refractivity contribution in [3.63, 3.8) is 0 Å². The highest BCUT2D eigenvalue weighted by atomic mass is 16.6. The number of ketones is 1. The summed E-state index contributed by atoms with van der Waals surface area (Å²) in [5.41, 5.74) is 3.86. The van der Waals surface area contributed by atoms with Gasteiger partial charge in [-0.15, -0.1) is 0 Å². The van der Waals surface area contributed by atoms with Crippen molar-refractivity contribution in [1.29, 1.82) is 0 Å². The second-order valence-electron chi connectivity index (χ2n) is 9.73. The first-order valence-electron chi connectivity index (χ1n) is 13.2. The molecule has 0 saturated carbocycles. The van der Waals surface area contributed by atoms with Crippen LogP contribution < -0.4 is 15.5 Å². The zero-order valence-electron chi connectivity index (χ0n) is 22.9. The van der Waals surface area contributed by atoms with Gasteiger partial charge in [-0.05, 0) is 31.5 Å². The molecular formula is C32H27N5O5. The third-order valence-electron chi connectivity index (χ3n) is 7.02. The number of hydrogen-bond donors (Lipinski definition) is 2. The smallest absolute Gasteiger partial charge is 0.308 e. The van der Waals surface area contributed by atoms with Crippen molar-refractivity contribution in [2.75, 3.05) is 16.8 Å². The fourth-order valence-corrected chi connectivity index (χ4v) is 4.87. The molecule has 1 aliphatic rings. The normalized spacial score (nSPS) is 14.3. The summed E-state index contributed by atoms with van der Waals surface area (Å²) in [4.78, 5) is 57.6. The number of urea groups is 1. The second kappa shape index (κ2) is 11.8. The molecule has 0 spiro atoms. The van der Waals surface area contributed by atoms with Gasteiger partial charge in [0.25, 0.3) is 11.6 Å². The molecule has 10 heteroatoms. The van der Waals surface area contributed by atoms with Crippen LogP contribution in [-0.2, 0) is 4.79 Å².